The summed E-state index contributed by atoms with van der Waals surface area (Å²) < 4.78 is 1.42. The second kappa shape index (κ2) is 8.51. The third-order valence-corrected chi connectivity index (χ3v) is 8.44. The number of amides is 4. The molecule has 0 bridgehead atoms. The SMILES string of the molecule is O=C1NC(=O)C2(Cc3c(nc4ccccn4c3=O)N3CCc4ccccc4C32)C(=O)N1Cc1ccccc1Cl. The molecule has 5 heterocycles. The van der Waals surface area contributed by atoms with Crippen LogP contribution < -0.4 is 15.8 Å². The van der Waals surface area contributed by atoms with Crippen molar-refractivity contribution in [1.29, 1.82) is 0 Å². The highest BCUT2D eigenvalue weighted by molar-refractivity contribution is 6.31. The van der Waals surface area contributed by atoms with Crippen LogP contribution >= 0.6 is 11.6 Å². The Kier molecular flexibility index (Phi) is 5.15. The zero-order valence-corrected chi connectivity index (χ0v) is 21.4. The summed E-state index contributed by atoms with van der Waals surface area (Å²) >= 11 is 6.37. The summed E-state index contributed by atoms with van der Waals surface area (Å²) in [6.07, 6.45) is 2.07. The minimum Gasteiger partial charge on any atom is -0.347 e. The van der Waals surface area contributed by atoms with E-state index >= 15 is 0 Å². The van der Waals surface area contributed by atoms with Crippen LogP contribution in [0.2, 0.25) is 5.02 Å². The molecule has 1 spiro atoms. The largest absolute Gasteiger partial charge is 0.347 e. The summed E-state index contributed by atoms with van der Waals surface area (Å²) in [5.74, 6) is -0.916. The van der Waals surface area contributed by atoms with Crippen LogP contribution in [0.15, 0.2) is 77.7 Å². The molecule has 0 aliphatic carbocycles. The number of imide groups is 2. The smallest absolute Gasteiger partial charge is 0.331 e. The monoisotopic (exact) mass is 539 g/mol. The van der Waals surface area contributed by atoms with Crippen LogP contribution in [0.25, 0.3) is 5.65 Å². The molecular formula is C29H22ClN5O4. The molecule has 0 saturated carbocycles. The van der Waals surface area contributed by atoms with Gasteiger partial charge in [0, 0.05) is 24.2 Å². The molecule has 4 amide bonds. The first-order valence-electron chi connectivity index (χ1n) is 12.7. The van der Waals surface area contributed by atoms with Crippen molar-refractivity contribution in [3.8, 4) is 0 Å². The number of hydrogen-bond donors (Lipinski definition) is 1. The number of barbiturate groups is 1. The Bertz CT molecular complexity index is 1790. The van der Waals surface area contributed by atoms with Gasteiger partial charge in [-0.05, 0) is 41.3 Å². The lowest BCUT2D eigenvalue weighted by Crippen LogP contribution is -2.70. The van der Waals surface area contributed by atoms with Gasteiger partial charge in [-0.15, -0.1) is 0 Å². The molecule has 1 N–H and O–H groups in total. The lowest BCUT2D eigenvalue weighted by molar-refractivity contribution is -0.154. The number of hydrogen-bond acceptors (Lipinski definition) is 6. The van der Waals surface area contributed by atoms with Crippen LogP contribution in [0, 0.1) is 5.41 Å². The third-order valence-electron chi connectivity index (χ3n) is 8.07. The summed E-state index contributed by atoms with van der Waals surface area (Å²) in [6.45, 7) is 0.334. The van der Waals surface area contributed by atoms with E-state index in [1.165, 1.54) is 4.40 Å². The maximum atomic E-state index is 14.5. The number of carbonyl (C=O) groups excluding carboxylic acids is 3. The van der Waals surface area contributed by atoms with Gasteiger partial charge in [0.05, 0.1) is 18.2 Å². The molecule has 194 valence electrons. The Morgan fingerprint density at radius 1 is 0.974 bits per heavy atom. The first kappa shape index (κ1) is 23.6. The average molecular weight is 540 g/mol. The van der Waals surface area contributed by atoms with Crippen molar-refractivity contribution >= 4 is 40.9 Å². The molecule has 3 aliphatic heterocycles. The Morgan fingerprint density at radius 2 is 1.74 bits per heavy atom. The fourth-order valence-electron chi connectivity index (χ4n) is 6.25. The molecule has 2 aromatic heterocycles. The van der Waals surface area contributed by atoms with E-state index in [0.29, 0.717) is 35.0 Å². The minimum absolute atomic E-state index is 0.116. The molecule has 10 heteroatoms. The topological polar surface area (TPSA) is 104 Å². The van der Waals surface area contributed by atoms with Gasteiger partial charge in [-0.1, -0.05) is 60.1 Å². The van der Waals surface area contributed by atoms with Gasteiger partial charge in [-0.25, -0.2) is 9.78 Å². The van der Waals surface area contributed by atoms with Crippen molar-refractivity contribution < 1.29 is 14.4 Å². The van der Waals surface area contributed by atoms with Gasteiger partial charge >= 0.3 is 6.03 Å². The number of carbonyl (C=O) groups is 3. The quantitative estimate of drug-likeness (QED) is 0.392. The van der Waals surface area contributed by atoms with E-state index in [-0.39, 0.29) is 24.1 Å². The van der Waals surface area contributed by atoms with Crippen LogP contribution in [0.1, 0.15) is 28.3 Å². The molecule has 2 unspecified atom stereocenters. The molecule has 2 aromatic carbocycles. The van der Waals surface area contributed by atoms with Crippen molar-refractivity contribution in [2.75, 3.05) is 11.4 Å². The van der Waals surface area contributed by atoms with E-state index in [9.17, 15) is 19.2 Å². The summed E-state index contributed by atoms with van der Waals surface area (Å²) in [6, 6.07) is 18.3. The molecule has 9 nitrogen and oxygen atoms in total. The standard InChI is InChI=1S/C29H22ClN5O4/c30-21-10-4-2-8-18(21)16-35-27(38)29(26(37)32-28(35)39)15-20-24(31-22-11-5-6-13-33(22)25(20)36)34-14-12-17-7-1-3-9-19(17)23(29)34/h1-11,13,23H,12,14-16H2,(H,32,37,39). The highest BCUT2D eigenvalue weighted by Gasteiger charge is 2.64. The first-order valence-corrected chi connectivity index (χ1v) is 13.0. The van der Waals surface area contributed by atoms with Crippen molar-refractivity contribution in [3.05, 3.63) is 111 Å². The second-order valence-electron chi connectivity index (χ2n) is 10.1. The van der Waals surface area contributed by atoms with E-state index in [1.54, 1.807) is 48.7 Å². The van der Waals surface area contributed by atoms with Crippen LogP contribution in [-0.4, -0.2) is 38.7 Å². The van der Waals surface area contributed by atoms with Gasteiger partial charge in [0.1, 0.15) is 11.5 Å². The van der Waals surface area contributed by atoms with E-state index in [2.05, 4.69) is 5.32 Å². The molecule has 7 rings (SSSR count). The number of rotatable bonds is 2. The minimum atomic E-state index is -1.78. The van der Waals surface area contributed by atoms with Gasteiger partial charge in [0.25, 0.3) is 5.56 Å². The summed E-state index contributed by atoms with van der Waals surface area (Å²) in [7, 11) is 0. The predicted octanol–water partition coefficient (Wildman–Crippen LogP) is 3.27. The third kappa shape index (κ3) is 3.29. The second-order valence-corrected chi connectivity index (χ2v) is 10.5. The lowest BCUT2D eigenvalue weighted by atomic mass is 9.65. The number of aromatic nitrogens is 2. The molecule has 2 atom stereocenters. The molecular weight excluding hydrogens is 518 g/mol. The fourth-order valence-corrected chi connectivity index (χ4v) is 6.45. The Hall–Kier alpha value is -4.50. The zero-order valence-electron chi connectivity index (χ0n) is 20.6. The fraction of sp³-hybridized carbons (Fsp3) is 0.207. The molecule has 1 saturated heterocycles. The van der Waals surface area contributed by atoms with Gasteiger partial charge < -0.3 is 4.90 Å². The first-order chi connectivity index (χ1) is 18.9. The Labute approximate surface area is 227 Å². The predicted molar refractivity (Wildman–Crippen MR) is 143 cm³/mol. The molecule has 0 radical (unpaired) electrons. The number of anilines is 1. The van der Waals surface area contributed by atoms with E-state index in [0.717, 1.165) is 16.0 Å². The van der Waals surface area contributed by atoms with Crippen LogP contribution in [0.3, 0.4) is 0 Å². The Morgan fingerprint density at radius 3 is 2.59 bits per heavy atom. The van der Waals surface area contributed by atoms with Gasteiger partial charge in [-0.3, -0.25) is 29.0 Å². The number of benzene rings is 2. The van der Waals surface area contributed by atoms with E-state index < -0.39 is 29.3 Å². The average Bonchev–Trinajstić information content (AvgIpc) is 2.95. The number of urea groups is 1. The molecule has 3 aliphatic rings. The Balaban J connectivity index is 1.47. The van der Waals surface area contributed by atoms with Crippen molar-refractivity contribution in [1.82, 2.24) is 19.6 Å². The van der Waals surface area contributed by atoms with Crippen LogP contribution in [0.5, 0.6) is 0 Å². The maximum absolute atomic E-state index is 14.5. The normalized spacial score (nSPS) is 22.0. The molecule has 39 heavy (non-hydrogen) atoms. The maximum Gasteiger partial charge on any atom is 0.331 e. The zero-order chi connectivity index (χ0) is 26.9. The van der Waals surface area contributed by atoms with Crippen molar-refractivity contribution in [3.63, 3.8) is 0 Å². The van der Waals surface area contributed by atoms with Crippen LogP contribution in [0.4, 0.5) is 10.6 Å². The highest BCUT2D eigenvalue weighted by atomic mass is 35.5. The lowest BCUT2D eigenvalue weighted by Gasteiger charge is -2.53. The molecule has 4 aromatic rings. The van der Waals surface area contributed by atoms with E-state index in [4.69, 9.17) is 16.6 Å². The van der Waals surface area contributed by atoms with Crippen molar-refractivity contribution in [2.45, 2.75) is 25.4 Å². The number of nitrogens with zero attached hydrogens (tertiary/aromatic N) is 4. The van der Waals surface area contributed by atoms with E-state index in [1.807, 2.05) is 29.2 Å². The number of nitrogens with one attached hydrogen (secondary N) is 1. The van der Waals surface area contributed by atoms with Gasteiger partial charge in [0.2, 0.25) is 11.8 Å². The van der Waals surface area contributed by atoms with Crippen LogP contribution in [-0.2, 0) is 29.0 Å². The summed E-state index contributed by atoms with van der Waals surface area (Å²) in [5.41, 5.74) is 1.01. The number of pyridine rings is 1. The van der Waals surface area contributed by atoms with Gasteiger partial charge in [-0.2, -0.15) is 0 Å². The van der Waals surface area contributed by atoms with Crippen molar-refractivity contribution in [2.24, 2.45) is 5.41 Å². The van der Waals surface area contributed by atoms with Gasteiger partial charge in [0.15, 0.2) is 5.41 Å². The number of halogens is 1. The number of fused-ring (bicyclic) bond motifs is 7. The molecule has 1 fully saturated rings. The summed E-state index contributed by atoms with van der Waals surface area (Å²) in [5, 5.41) is 2.84. The highest BCUT2D eigenvalue weighted by Crippen LogP contribution is 2.52. The summed E-state index contributed by atoms with van der Waals surface area (Å²) in [4.78, 5) is 63.1.